The van der Waals surface area contributed by atoms with Crippen LogP contribution in [0.3, 0.4) is 0 Å². The third kappa shape index (κ3) is 47.1. The number of esters is 2. The average Bonchev–Trinajstić information content (AvgIpc) is 3.20. The Morgan fingerprint density at radius 1 is 0.439 bits per heavy atom. The zero-order chi connectivity index (χ0) is 41.5. The van der Waals surface area contributed by atoms with E-state index in [4.69, 9.17) is 9.47 Å². The maximum Gasteiger partial charge on any atom is 0.305 e. The predicted molar refractivity (Wildman–Crippen MR) is 255 cm³/mol. The van der Waals surface area contributed by atoms with Gasteiger partial charge in [0.2, 0.25) is 0 Å². The lowest BCUT2D eigenvalue weighted by molar-refractivity contribution is -0.144. The molecule has 0 rings (SSSR count). The molecular formula is C49H90N2O4S2. The number of rotatable bonds is 44. The molecule has 8 heteroatoms. The number of nitrogens with zero attached hydrogens (tertiary/aromatic N) is 2. The minimum absolute atomic E-state index is 0.0388. The van der Waals surface area contributed by atoms with Crippen LogP contribution in [0.5, 0.6) is 0 Å². The topological polar surface area (TPSA) is 59.1 Å². The first kappa shape index (κ1) is 55.5. The quantitative estimate of drug-likeness (QED) is 0.0260. The van der Waals surface area contributed by atoms with Gasteiger partial charge in [0, 0.05) is 55.6 Å². The first-order chi connectivity index (χ1) is 28.0. The van der Waals surface area contributed by atoms with Gasteiger partial charge in [-0.3, -0.25) is 9.59 Å². The van der Waals surface area contributed by atoms with Crippen LogP contribution in [0.1, 0.15) is 181 Å². The summed E-state index contributed by atoms with van der Waals surface area (Å²) < 4.78 is 10.9. The summed E-state index contributed by atoms with van der Waals surface area (Å²) in [5.41, 5.74) is 0. The molecule has 0 fully saturated rings. The van der Waals surface area contributed by atoms with Gasteiger partial charge in [0.25, 0.3) is 0 Å². The second kappa shape index (κ2) is 47.2. The highest BCUT2D eigenvalue weighted by atomic mass is 32.2. The van der Waals surface area contributed by atoms with Crippen molar-refractivity contribution in [1.29, 1.82) is 0 Å². The average molecular weight is 835 g/mol. The third-order valence-electron chi connectivity index (χ3n) is 9.96. The summed E-state index contributed by atoms with van der Waals surface area (Å²) in [6, 6.07) is 0. The van der Waals surface area contributed by atoms with E-state index in [-0.39, 0.29) is 11.9 Å². The van der Waals surface area contributed by atoms with E-state index in [2.05, 4.69) is 86.4 Å². The van der Waals surface area contributed by atoms with Crippen LogP contribution in [0.15, 0.2) is 48.6 Å². The van der Waals surface area contributed by atoms with Crippen LogP contribution in [0.4, 0.5) is 0 Å². The van der Waals surface area contributed by atoms with Gasteiger partial charge < -0.3 is 19.3 Å². The minimum atomic E-state index is -0.0388. The number of carbonyl (C=O) groups is 2. The van der Waals surface area contributed by atoms with E-state index >= 15 is 0 Å². The fourth-order valence-corrected chi connectivity index (χ4v) is 8.48. The summed E-state index contributed by atoms with van der Waals surface area (Å²) >= 11 is 3.99. The van der Waals surface area contributed by atoms with Gasteiger partial charge in [0.05, 0.1) is 13.2 Å². The molecule has 0 heterocycles. The number of allylic oxidation sites excluding steroid dienone is 8. The van der Waals surface area contributed by atoms with Gasteiger partial charge in [-0.25, -0.2) is 0 Å². The molecule has 0 aliphatic heterocycles. The summed E-state index contributed by atoms with van der Waals surface area (Å²) in [6.45, 7) is 9.58. The molecule has 0 atom stereocenters. The Bertz CT molecular complexity index is 910. The molecule has 0 aromatic heterocycles. The molecule has 0 unspecified atom stereocenters. The van der Waals surface area contributed by atoms with Crippen LogP contribution < -0.4 is 0 Å². The van der Waals surface area contributed by atoms with Crippen molar-refractivity contribution in [1.82, 2.24) is 9.80 Å². The van der Waals surface area contributed by atoms with Crippen LogP contribution in [0, 0.1) is 0 Å². The van der Waals surface area contributed by atoms with Gasteiger partial charge in [-0.1, -0.05) is 127 Å². The number of carbonyl (C=O) groups excluding carboxylic acids is 2. The van der Waals surface area contributed by atoms with Crippen molar-refractivity contribution in [3.63, 3.8) is 0 Å². The Hall–Kier alpha value is -1.48. The van der Waals surface area contributed by atoms with Crippen molar-refractivity contribution >= 4 is 35.5 Å². The molecule has 0 bridgehead atoms. The van der Waals surface area contributed by atoms with E-state index in [0.29, 0.717) is 26.1 Å². The zero-order valence-electron chi connectivity index (χ0n) is 37.7. The van der Waals surface area contributed by atoms with Crippen LogP contribution >= 0.6 is 23.5 Å². The van der Waals surface area contributed by atoms with E-state index in [9.17, 15) is 9.59 Å². The highest BCUT2D eigenvalue weighted by molar-refractivity contribution is 8.16. The number of ether oxygens (including phenoxy) is 2. The summed E-state index contributed by atoms with van der Waals surface area (Å²) in [5, 5.41) is 1.11. The van der Waals surface area contributed by atoms with Crippen molar-refractivity contribution in [3.05, 3.63) is 48.6 Å². The van der Waals surface area contributed by atoms with Gasteiger partial charge in [-0.2, -0.15) is 0 Å². The van der Waals surface area contributed by atoms with Gasteiger partial charge in [0.1, 0.15) is 0 Å². The fraction of sp³-hybridized carbons (Fsp3) is 0.796. The van der Waals surface area contributed by atoms with E-state index in [1.807, 2.05) is 23.5 Å². The number of hydrogen-bond acceptors (Lipinski definition) is 8. The Balaban J connectivity index is 3.46. The second-order valence-corrected chi connectivity index (χ2v) is 18.2. The van der Waals surface area contributed by atoms with Crippen molar-refractivity contribution in [2.24, 2.45) is 0 Å². The molecular weight excluding hydrogens is 745 g/mol. The molecule has 0 aliphatic carbocycles. The Morgan fingerprint density at radius 3 is 1.18 bits per heavy atom. The minimum Gasteiger partial charge on any atom is -0.466 e. The lowest BCUT2D eigenvalue weighted by Crippen LogP contribution is -2.24. The largest absolute Gasteiger partial charge is 0.466 e. The normalized spacial score (nSPS) is 12.2. The van der Waals surface area contributed by atoms with E-state index in [1.54, 1.807) is 0 Å². The molecule has 332 valence electrons. The molecule has 0 spiro atoms. The smallest absolute Gasteiger partial charge is 0.305 e. The molecule has 0 amide bonds. The summed E-state index contributed by atoms with van der Waals surface area (Å²) in [5.74, 6) is 2.16. The number of thioether (sulfide) groups is 2. The predicted octanol–water partition coefficient (Wildman–Crippen LogP) is 13.8. The first-order valence-corrected chi connectivity index (χ1v) is 25.7. The summed E-state index contributed by atoms with van der Waals surface area (Å²) in [6.07, 6.45) is 47.6. The lowest BCUT2D eigenvalue weighted by Gasteiger charge is -2.17. The Morgan fingerprint density at radius 2 is 0.789 bits per heavy atom. The molecule has 0 saturated heterocycles. The van der Waals surface area contributed by atoms with Gasteiger partial charge in [0.15, 0.2) is 0 Å². The first-order valence-electron chi connectivity index (χ1n) is 23.4. The molecule has 0 N–H and O–H groups in total. The molecule has 0 saturated carbocycles. The van der Waals surface area contributed by atoms with Crippen LogP contribution in [-0.4, -0.2) is 91.8 Å². The fourth-order valence-electron chi connectivity index (χ4n) is 6.19. The van der Waals surface area contributed by atoms with E-state index in [1.165, 1.54) is 89.9 Å². The van der Waals surface area contributed by atoms with E-state index < -0.39 is 0 Å². The van der Waals surface area contributed by atoms with Crippen molar-refractivity contribution in [3.8, 4) is 0 Å². The molecule has 6 nitrogen and oxygen atoms in total. The molecule has 0 radical (unpaired) electrons. The van der Waals surface area contributed by atoms with Crippen molar-refractivity contribution < 1.29 is 19.1 Å². The number of hydrogen-bond donors (Lipinski definition) is 0. The zero-order valence-corrected chi connectivity index (χ0v) is 39.3. The van der Waals surface area contributed by atoms with Crippen LogP contribution in [-0.2, 0) is 19.1 Å². The molecule has 57 heavy (non-hydrogen) atoms. The highest BCUT2D eigenvalue weighted by Crippen LogP contribution is 2.13. The standard InChI is InChI=1S/C49H90N2O4S2/c1-5-7-9-11-13-15-17-19-21-23-25-27-29-31-33-37-48(52)54-43-35-39-50(3)41-45-56-47-57-46-42-51(4)40-36-44-55-49(53)38-34-32-30-28-26-24-22-20-18-16-14-12-10-8-6-2/h13-16,19-22H,5-12,17-18,23-47H2,1-4H3/b15-13-,16-14-,21-19-,22-20-. The number of unbranched alkanes of at least 4 members (excludes halogenated alkanes) is 16. The van der Waals surface area contributed by atoms with Gasteiger partial charge in [-0.15, -0.1) is 23.5 Å². The van der Waals surface area contributed by atoms with Crippen molar-refractivity contribution in [2.75, 3.05) is 70.1 Å². The SMILES string of the molecule is CCCCC/C=C\C/C=C\CCCCCCCC(=O)OCCCN(C)CCSCSCCN(C)CCCOC(=O)CCCCCCC/C=C\C/C=C\CCCCC. The highest BCUT2D eigenvalue weighted by Gasteiger charge is 2.06. The third-order valence-corrected chi connectivity index (χ3v) is 12.2. The lowest BCUT2D eigenvalue weighted by atomic mass is 10.1. The van der Waals surface area contributed by atoms with Crippen LogP contribution in [0.25, 0.3) is 0 Å². The summed E-state index contributed by atoms with van der Waals surface area (Å²) in [4.78, 5) is 28.8. The molecule has 0 aliphatic rings. The maximum atomic E-state index is 12.1. The van der Waals surface area contributed by atoms with Gasteiger partial charge in [-0.05, 0) is 104 Å². The van der Waals surface area contributed by atoms with E-state index in [0.717, 1.165) is 107 Å². The maximum absolute atomic E-state index is 12.1. The van der Waals surface area contributed by atoms with Crippen LogP contribution in [0.2, 0.25) is 0 Å². The molecule has 0 aromatic rings. The van der Waals surface area contributed by atoms with Crippen molar-refractivity contribution in [2.45, 2.75) is 181 Å². The monoisotopic (exact) mass is 835 g/mol. The second-order valence-electron chi connectivity index (χ2n) is 15.7. The molecule has 0 aromatic carbocycles. The Labute approximate surface area is 362 Å². The Kier molecular flexibility index (Phi) is 46.0. The van der Waals surface area contributed by atoms with Gasteiger partial charge >= 0.3 is 11.9 Å². The summed E-state index contributed by atoms with van der Waals surface area (Å²) in [7, 11) is 4.31.